The van der Waals surface area contributed by atoms with E-state index in [4.69, 9.17) is 4.74 Å². The number of esters is 1. The highest BCUT2D eigenvalue weighted by Crippen LogP contribution is 2.66. The summed E-state index contributed by atoms with van der Waals surface area (Å²) in [5.41, 5.74) is 2.37. The van der Waals surface area contributed by atoms with E-state index >= 15 is 0 Å². The lowest BCUT2D eigenvalue weighted by Crippen LogP contribution is -2.53. The molecule has 0 saturated heterocycles. The molecule has 0 radical (unpaired) electrons. The Bertz CT molecular complexity index is 564. The SMILES string of the molecule is CC(=O)O[C@H]1CC[C@H]2[C@@H]3CC[C@@H]4CC=C(C)C[C@]4(C)[C@H]3CC[C@]12C. The first-order valence-electron chi connectivity index (χ1n) is 10.2. The number of carbonyl (C=O) groups excluding carboxylic acids is 1. The molecule has 0 aromatic carbocycles. The van der Waals surface area contributed by atoms with E-state index in [2.05, 4.69) is 26.8 Å². The van der Waals surface area contributed by atoms with Gasteiger partial charge >= 0.3 is 5.97 Å². The molecule has 3 fully saturated rings. The lowest BCUT2D eigenvalue weighted by atomic mass is 9.45. The highest BCUT2D eigenvalue weighted by atomic mass is 16.5. The number of fused-ring (bicyclic) bond motifs is 5. The predicted octanol–water partition coefficient (Wildman–Crippen LogP) is 5.52. The van der Waals surface area contributed by atoms with E-state index in [0.717, 1.165) is 30.1 Å². The van der Waals surface area contributed by atoms with Gasteiger partial charge in [0.05, 0.1) is 0 Å². The molecule has 4 aliphatic rings. The van der Waals surface area contributed by atoms with Gasteiger partial charge in [0.1, 0.15) is 6.10 Å². The maximum absolute atomic E-state index is 11.5. The van der Waals surface area contributed by atoms with Crippen molar-refractivity contribution in [1.29, 1.82) is 0 Å². The topological polar surface area (TPSA) is 26.3 Å². The van der Waals surface area contributed by atoms with Gasteiger partial charge in [0.2, 0.25) is 0 Å². The molecule has 0 aromatic heterocycles. The van der Waals surface area contributed by atoms with Crippen LogP contribution in [0.15, 0.2) is 11.6 Å². The molecule has 3 saturated carbocycles. The van der Waals surface area contributed by atoms with Crippen LogP contribution >= 0.6 is 0 Å². The van der Waals surface area contributed by atoms with Gasteiger partial charge in [-0.15, -0.1) is 0 Å². The fourth-order valence-corrected chi connectivity index (χ4v) is 7.56. The van der Waals surface area contributed by atoms with Crippen molar-refractivity contribution in [2.24, 2.45) is 34.5 Å². The van der Waals surface area contributed by atoms with E-state index in [1.165, 1.54) is 44.9 Å². The number of ether oxygens (including phenoxy) is 1. The summed E-state index contributed by atoms with van der Waals surface area (Å²) in [5, 5.41) is 0. The Balaban J connectivity index is 1.60. The zero-order valence-electron chi connectivity index (χ0n) is 15.9. The number of hydrogen-bond donors (Lipinski definition) is 0. The highest BCUT2D eigenvalue weighted by Gasteiger charge is 2.60. The summed E-state index contributed by atoms with van der Waals surface area (Å²) in [6, 6.07) is 0. The van der Waals surface area contributed by atoms with Gasteiger partial charge in [0, 0.05) is 12.3 Å². The number of carbonyl (C=O) groups is 1. The Labute approximate surface area is 147 Å². The van der Waals surface area contributed by atoms with Crippen molar-refractivity contribution in [3.05, 3.63) is 11.6 Å². The van der Waals surface area contributed by atoms with Gasteiger partial charge in [-0.2, -0.15) is 0 Å². The van der Waals surface area contributed by atoms with Crippen LogP contribution in [0.25, 0.3) is 0 Å². The average Bonchev–Trinajstić information content (AvgIpc) is 2.82. The van der Waals surface area contributed by atoms with Gasteiger partial charge in [-0.1, -0.05) is 25.5 Å². The number of hydrogen-bond acceptors (Lipinski definition) is 2. The van der Waals surface area contributed by atoms with Crippen molar-refractivity contribution in [1.82, 2.24) is 0 Å². The fraction of sp³-hybridized carbons (Fsp3) is 0.864. The van der Waals surface area contributed by atoms with E-state index < -0.39 is 0 Å². The first-order chi connectivity index (χ1) is 11.3. The molecule has 0 N–H and O–H groups in total. The third-order valence-electron chi connectivity index (χ3n) is 8.70. The summed E-state index contributed by atoms with van der Waals surface area (Å²) in [6.07, 6.45) is 13.1. The van der Waals surface area contributed by atoms with E-state index in [1.807, 2.05) is 0 Å². The Hall–Kier alpha value is -0.790. The largest absolute Gasteiger partial charge is 0.462 e. The molecule has 0 aliphatic heterocycles. The highest BCUT2D eigenvalue weighted by molar-refractivity contribution is 5.66. The quantitative estimate of drug-likeness (QED) is 0.467. The fourth-order valence-electron chi connectivity index (χ4n) is 7.56. The van der Waals surface area contributed by atoms with E-state index in [0.29, 0.717) is 5.41 Å². The molecule has 2 nitrogen and oxygen atoms in total. The summed E-state index contributed by atoms with van der Waals surface area (Å²) in [5.74, 6) is 3.32. The number of rotatable bonds is 1. The molecule has 4 rings (SSSR count). The van der Waals surface area contributed by atoms with E-state index in [9.17, 15) is 4.79 Å². The van der Waals surface area contributed by atoms with Crippen LogP contribution in [0.5, 0.6) is 0 Å². The van der Waals surface area contributed by atoms with Crippen molar-refractivity contribution in [3.63, 3.8) is 0 Å². The summed E-state index contributed by atoms with van der Waals surface area (Å²) in [4.78, 5) is 11.5. The Morgan fingerprint density at radius 1 is 1.08 bits per heavy atom. The normalized spacial score (nSPS) is 50.3. The molecule has 134 valence electrons. The van der Waals surface area contributed by atoms with Crippen LogP contribution in [0, 0.1) is 34.5 Å². The van der Waals surface area contributed by atoms with Crippen LogP contribution in [-0.4, -0.2) is 12.1 Å². The summed E-state index contributed by atoms with van der Waals surface area (Å²) in [7, 11) is 0. The van der Waals surface area contributed by atoms with Gasteiger partial charge in [0.15, 0.2) is 0 Å². The zero-order chi connectivity index (χ0) is 17.1. The maximum atomic E-state index is 11.5. The average molecular weight is 331 g/mol. The molecule has 0 unspecified atom stereocenters. The third kappa shape index (κ3) is 2.31. The zero-order valence-corrected chi connectivity index (χ0v) is 15.9. The van der Waals surface area contributed by atoms with Gasteiger partial charge in [-0.3, -0.25) is 4.79 Å². The Kier molecular flexibility index (Phi) is 3.89. The second-order valence-electron chi connectivity index (χ2n) is 9.84. The van der Waals surface area contributed by atoms with Crippen LogP contribution < -0.4 is 0 Å². The van der Waals surface area contributed by atoms with Crippen molar-refractivity contribution < 1.29 is 9.53 Å². The van der Waals surface area contributed by atoms with E-state index in [1.54, 1.807) is 12.5 Å². The molecule has 0 amide bonds. The minimum atomic E-state index is -0.0901. The Morgan fingerprint density at radius 2 is 1.83 bits per heavy atom. The van der Waals surface area contributed by atoms with Crippen LogP contribution in [0.3, 0.4) is 0 Å². The molecule has 4 aliphatic carbocycles. The van der Waals surface area contributed by atoms with Gasteiger partial charge in [-0.25, -0.2) is 0 Å². The van der Waals surface area contributed by atoms with Crippen LogP contribution in [0.4, 0.5) is 0 Å². The van der Waals surface area contributed by atoms with Crippen LogP contribution in [0.2, 0.25) is 0 Å². The second-order valence-corrected chi connectivity index (χ2v) is 9.84. The van der Waals surface area contributed by atoms with Gasteiger partial charge in [-0.05, 0) is 87.4 Å². The van der Waals surface area contributed by atoms with Gasteiger partial charge < -0.3 is 4.74 Å². The third-order valence-corrected chi connectivity index (χ3v) is 8.70. The lowest BCUT2D eigenvalue weighted by Gasteiger charge is -2.60. The molecule has 0 bridgehead atoms. The van der Waals surface area contributed by atoms with Crippen molar-refractivity contribution in [2.45, 2.75) is 85.2 Å². The van der Waals surface area contributed by atoms with Crippen molar-refractivity contribution >= 4 is 5.97 Å². The summed E-state index contributed by atoms with van der Waals surface area (Å²) >= 11 is 0. The molecular formula is C22H34O2. The van der Waals surface area contributed by atoms with Crippen molar-refractivity contribution in [2.75, 3.05) is 0 Å². The molecule has 24 heavy (non-hydrogen) atoms. The predicted molar refractivity (Wildman–Crippen MR) is 96.4 cm³/mol. The lowest BCUT2D eigenvalue weighted by molar-refractivity contribution is -0.160. The molecule has 0 heterocycles. The second kappa shape index (κ2) is 5.61. The maximum Gasteiger partial charge on any atom is 0.302 e. The standard InChI is InChI=1S/C22H34O2/c1-14-5-6-16-7-8-17-18-9-10-20(24-15(2)23)21(18,3)12-11-19(17)22(16,4)13-14/h5,16-20H,6-13H2,1-4H3/t16-,17-,18-,19-,20-,21-,22-/m0/s1. The minimum absolute atomic E-state index is 0.0901. The monoisotopic (exact) mass is 330 g/mol. The van der Waals surface area contributed by atoms with Gasteiger partial charge in [0.25, 0.3) is 0 Å². The molecular weight excluding hydrogens is 296 g/mol. The first kappa shape index (κ1) is 16.7. The number of allylic oxidation sites excluding steroid dienone is 2. The van der Waals surface area contributed by atoms with Crippen molar-refractivity contribution in [3.8, 4) is 0 Å². The minimum Gasteiger partial charge on any atom is -0.462 e. The Morgan fingerprint density at radius 3 is 2.58 bits per heavy atom. The summed E-state index contributed by atoms with van der Waals surface area (Å²) in [6.45, 7) is 8.94. The molecule has 2 heteroatoms. The van der Waals surface area contributed by atoms with E-state index in [-0.39, 0.29) is 17.5 Å². The molecule has 0 spiro atoms. The van der Waals surface area contributed by atoms with Crippen LogP contribution in [0.1, 0.15) is 79.1 Å². The molecule has 0 aromatic rings. The van der Waals surface area contributed by atoms with Crippen LogP contribution in [-0.2, 0) is 9.53 Å². The first-order valence-corrected chi connectivity index (χ1v) is 10.2. The summed E-state index contributed by atoms with van der Waals surface area (Å²) < 4.78 is 5.76. The smallest absolute Gasteiger partial charge is 0.302 e. The molecule has 7 atom stereocenters.